The van der Waals surface area contributed by atoms with Crippen LogP contribution in [0.4, 0.5) is 0 Å². The van der Waals surface area contributed by atoms with Gasteiger partial charge in [0.15, 0.2) is 0 Å². The molecular formula is C10H17N5O. The summed E-state index contributed by atoms with van der Waals surface area (Å²) < 4.78 is 1.94. The average Bonchev–Trinajstić information content (AvgIpc) is 2.64. The zero-order valence-corrected chi connectivity index (χ0v) is 9.46. The number of nitrogens with two attached hydrogens (primary N) is 1. The van der Waals surface area contributed by atoms with Crippen LogP contribution in [-0.4, -0.2) is 45.2 Å². The summed E-state index contributed by atoms with van der Waals surface area (Å²) in [5, 5.41) is 8.01. The third-order valence-corrected chi connectivity index (χ3v) is 3.00. The van der Waals surface area contributed by atoms with Gasteiger partial charge in [-0.1, -0.05) is 0 Å². The molecule has 2 N–H and O–H groups in total. The van der Waals surface area contributed by atoms with E-state index in [2.05, 4.69) is 15.1 Å². The number of nitrogens with zero attached hydrogens (tertiary/aromatic N) is 4. The van der Waals surface area contributed by atoms with Crippen molar-refractivity contribution in [1.82, 2.24) is 19.7 Å². The van der Waals surface area contributed by atoms with Crippen molar-refractivity contribution in [2.24, 2.45) is 12.8 Å². The number of hydrogen-bond acceptors (Lipinski definition) is 4. The van der Waals surface area contributed by atoms with Crippen LogP contribution in [-0.2, 0) is 11.8 Å². The van der Waals surface area contributed by atoms with Gasteiger partial charge in [-0.25, -0.2) is 0 Å². The Hall–Kier alpha value is -1.43. The molecule has 0 unspecified atom stereocenters. The molecule has 1 aliphatic rings. The minimum absolute atomic E-state index is 0.265. The summed E-state index contributed by atoms with van der Waals surface area (Å²) in [6, 6.07) is 0. The minimum atomic E-state index is -0.265. The molecule has 0 aromatic carbocycles. The second-order valence-corrected chi connectivity index (χ2v) is 4.34. The number of hydrogen-bond donors (Lipinski definition) is 1. The van der Waals surface area contributed by atoms with E-state index >= 15 is 0 Å². The van der Waals surface area contributed by atoms with E-state index in [0.29, 0.717) is 12.5 Å². The summed E-state index contributed by atoms with van der Waals surface area (Å²) in [6.45, 7) is 2.13. The number of aromatic nitrogens is 3. The van der Waals surface area contributed by atoms with E-state index in [0.717, 1.165) is 31.8 Å². The molecule has 0 aliphatic carbocycles. The van der Waals surface area contributed by atoms with Gasteiger partial charge in [-0.15, -0.1) is 10.2 Å². The van der Waals surface area contributed by atoms with E-state index in [1.54, 1.807) is 6.33 Å². The first kappa shape index (κ1) is 11.1. The van der Waals surface area contributed by atoms with Crippen molar-refractivity contribution in [3.8, 4) is 0 Å². The van der Waals surface area contributed by atoms with Crippen molar-refractivity contribution >= 4 is 5.91 Å². The zero-order chi connectivity index (χ0) is 11.5. The number of amides is 1. The van der Waals surface area contributed by atoms with Crippen LogP contribution in [0.3, 0.4) is 0 Å². The second-order valence-electron chi connectivity index (χ2n) is 4.34. The van der Waals surface area contributed by atoms with E-state index in [-0.39, 0.29) is 5.91 Å². The quantitative estimate of drug-likeness (QED) is 0.748. The molecule has 2 rings (SSSR count). The molecule has 0 spiro atoms. The fourth-order valence-electron chi connectivity index (χ4n) is 2.29. The minimum Gasteiger partial charge on any atom is -0.369 e. The lowest BCUT2D eigenvalue weighted by Crippen LogP contribution is -2.40. The fraction of sp³-hybridized carbons (Fsp3) is 0.700. The summed E-state index contributed by atoms with van der Waals surface area (Å²) in [7, 11) is 1.95. The summed E-state index contributed by atoms with van der Waals surface area (Å²) in [4.78, 5) is 13.0. The highest BCUT2D eigenvalue weighted by Crippen LogP contribution is 2.24. The van der Waals surface area contributed by atoms with Crippen LogP contribution in [0.1, 0.15) is 24.6 Å². The molecule has 2 heterocycles. The van der Waals surface area contributed by atoms with Crippen LogP contribution >= 0.6 is 0 Å². The Labute approximate surface area is 94.4 Å². The molecular weight excluding hydrogens is 206 g/mol. The largest absolute Gasteiger partial charge is 0.369 e. The van der Waals surface area contributed by atoms with Gasteiger partial charge in [-0.2, -0.15) is 0 Å². The van der Waals surface area contributed by atoms with E-state index in [4.69, 9.17) is 5.73 Å². The van der Waals surface area contributed by atoms with Gasteiger partial charge in [-0.3, -0.25) is 9.69 Å². The van der Waals surface area contributed by atoms with Crippen molar-refractivity contribution < 1.29 is 4.79 Å². The predicted molar refractivity (Wildman–Crippen MR) is 58.6 cm³/mol. The van der Waals surface area contributed by atoms with Crippen molar-refractivity contribution in [2.45, 2.75) is 18.8 Å². The number of piperidine rings is 1. The topological polar surface area (TPSA) is 77.0 Å². The zero-order valence-electron chi connectivity index (χ0n) is 9.46. The maximum atomic E-state index is 10.9. The molecule has 0 saturated carbocycles. The summed E-state index contributed by atoms with van der Waals surface area (Å²) in [5.41, 5.74) is 5.20. The van der Waals surface area contributed by atoms with Crippen LogP contribution < -0.4 is 5.73 Å². The van der Waals surface area contributed by atoms with Crippen LogP contribution in [0.2, 0.25) is 0 Å². The molecule has 6 nitrogen and oxygen atoms in total. The standard InChI is InChI=1S/C10H17N5O/c1-14-7-12-13-10(14)8-3-2-4-15(5-8)6-9(11)16/h7-8H,2-6H2,1H3,(H2,11,16)/t8-/m1/s1. The Morgan fingerprint density at radius 1 is 1.69 bits per heavy atom. The third kappa shape index (κ3) is 2.38. The van der Waals surface area contributed by atoms with Gasteiger partial charge < -0.3 is 10.3 Å². The first-order chi connectivity index (χ1) is 7.66. The monoisotopic (exact) mass is 223 g/mol. The third-order valence-electron chi connectivity index (χ3n) is 3.00. The first-order valence-electron chi connectivity index (χ1n) is 5.51. The van der Waals surface area contributed by atoms with Crippen LogP contribution in [0.5, 0.6) is 0 Å². The molecule has 1 aliphatic heterocycles. The lowest BCUT2D eigenvalue weighted by molar-refractivity contribution is -0.119. The molecule has 0 radical (unpaired) electrons. The lowest BCUT2D eigenvalue weighted by Gasteiger charge is -2.31. The highest BCUT2D eigenvalue weighted by atomic mass is 16.1. The maximum absolute atomic E-state index is 10.9. The second kappa shape index (κ2) is 4.61. The predicted octanol–water partition coefficient (Wildman–Crippen LogP) is -0.520. The maximum Gasteiger partial charge on any atom is 0.231 e. The fourth-order valence-corrected chi connectivity index (χ4v) is 2.29. The van der Waals surface area contributed by atoms with Gasteiger partial charge in [0.1, 0.15) is 12.2 Å². The summed E-state index contributed by atoms with van der Waals surface area (Å²) in [6.07, 6.45) is 3.88. The number of rotatable bonds is 3. The van der Waals surface area contributed by atoms with Gasteiger partial charge in [0, 0.05) is 19.5 Å². The molecule has 6 heteroatoms. The van der Waals surface area contributed by atoms with Crippen molar-refractivity contribution in [1.29, 1.82) is 0 Å². The summed E-state index contributed by atoms with van der Waals surface area (Å²) >= 11 is 0. The van der Waals surface area contributed by atoms with Crippen LogP contribution in [0, 0.1) is 0 Å². The molecule has 1 saturated heterocycles. The highest BCUT2D eigenvalue weighted by molar-refractivity contribution is 5.75. The Balaban J connectivity index is 2.02. The molecule has 1 fully saturated rings. The van der Waals surface area contributed by atoms with Crippen molar-refractivity contribution in [2.75, 3.05) is 19.6 Å². The van der Waals surface area contributed by atoms with Gasteiger partial charge in [-0.05, 0) is 19.4 Å². The Morgan fingerprint density at radius 3 is 3.12 bits per heavy atom. The Bertz CT molecular complexity index is 375. The normalized spacial score (nSPS) is 22.2. The number of carbonyl (C=O) groups is 1. The number of aryl methyl sites for hydroxylation is 1. The Kier molecular flexibility index (Phi) is 3.19. The van der Waals surface area contributed by atoms with Gasteiger partial charge in [0.05, 0.1) is 6.54 Å². The van der Waals surface area contributed by atoms with Gasteiger partial charge >= 0.3 is 0 Å². The van der Waals surface area contributed by atoms with E-state index < -0.39 is 0 Å². The average molecular weight is 223 g/mol. The first-order valence-corrected chi connectivity index (χ1v) is 5.51. The molecule has 1 aromatic heterocycles. The number of primary amides is 1. The smallest absolute Gasteiger partial charge is 0.231 e. The van der Waals surface area contributed by atoms with Crippen LogP contribution in [0.15, 0.2) is 6.33 Å². The molecule has 88 valence electrons. The van der Waals surface area contributed by atoms with Gasteiger partial charge in [0.2, 0.25) is 5.91 Å². The molecule has 1 atom stereocenters. The van der Waals surface area contributed by atoms with E-state index in [9.17, 15) is 4.79 Å². The van der Waals surface area contributed by atoms with E-state index in [1.165, 1.54) is 0 Å². The SMILES string of the molecule is Cn1cnnc1[C@@H]1CCCN(CC(N)=O)C1. The Morgan fingerprint density at radius 2 is 2.50 bits per heavy atom. The highest BCUT2D eigenvalue weighted by Gasteiger charge is 2.25. The number of likely N-dealkylation sites (tertiary alicyclic amines) is 1. The molecule has 16 heavy (non-hydrogen) atoms. The summed E-state index contributed by atoms with van der Waals surface area (Å²) in [5.74, 6) is 1.09. The van der Waals surface area contributed by atoms with Crippen molar-refractivity contribution in [3.63, 3.8) is 0 Å². The van der Waals surface area contributed by atoms with Crippen LogP contribution in [0.25, 0.3) is 0 Å². The number of carbonyl (C=O) groups excluding carboxylic acids is 1. The lowest BCUT2D eigenvalue weighted by atomic mass is 9.97. The molecule has 1 amide bonds. The molecule has 0 bridgehead atoms. The van der Waals surface area contributed by atoms with Crippen molar-refractivity contribution in [3.05, 3.63) is 12.2 Å². The van der Waals surface area contributed by atoms with Gasteiger partial charge in [0.25, 0.3) is 0 Å². The molecule has 1 aromatic rings. The van der Waals surface area contributed by atoms with E-state index in [1.807, 2.05) is 11.6 Å².